The Morgan fingerprint density at radius 3 is 2.80 bits per heavy atom. The Labute approximate surface area is 150 Å². The molecule has 130 valence electrons. The first-order valence-corrected chi connectivity index (χ1v) is 9.87. The third-order valence-electron chi connectivity index (χ3n) is 7.16. The zero-order valence-corrected chi connectivity index (χ0v) is 14.8. The number of fused-ring (bicyclic) bond motifs is 1. The van der Waals surface area contributed by atoms with Crippen LogP contribution < -0.4 is 0 Å². The molecule has 0 radical (unpaired) electrons. The van der Waals surface area contributed by atoms with E-state index in [0.29, 0.717) is 17.2 Å². The van der Waals surface area contributed by atoms with Gasteiger partial charge in [-0.3, -0.25) is 4.90 Å². The molecule has 3 atom stereocenters. The summed E-state index contributed by atoms with van der Waals surface area (Å²) in [5.41, 5.74) is 4.72. The second-order valence-electron chi connectivity index (χ2n) is 8.33. The fourth-order valence-electron chi connectivity index (χ4n) is 6.09. The van der Waals surface area contributed by atoms with Crippen LogP contribution in [0.3, 0.4) is 0 Å². The van der Waals surface area contributed by atoms with Crippen molar-refractivity contribution in [2.75, 3.05) is 6.54 Å². The number of hydrogen-bond donors (Lipinski definition) is 1. The van der Waals surface area contributed by atoms with Gasteiger partial charge in [-0.15, -0.1) is 0 Å². The van der Waals surface area contributed by atoms with Crippen molar-refractivity contribution in [3.63, 3.8) is 0 Å². The van der Waals surface area contributed by atoms with E-state index >= 15 is 0 Å². The van der Waals surface area contributed by atoms with Gasteiger partial charge < -0.3 is 5.11 Å². The summed E-state index contributed by atoms with van der Waals surface area (Å²) in [6.07, 6.45) is 7.77. The second-order valence-corrected chi connectivity index (χ2v) is 8.33. The predicted molar refractivity (Wildman–Crippen MR) is 101 cm³/mol. The van der Waals surface area contributed by atoms with Gasteiger partial charge in [-0.25, -0.2) is 0 Å². The van der Waals surface area contributed by atoms with Crippen LogP contribution in [0, 0.1) is 5.92 Å². The number of aromatic hydroxyl groups is 1. The van der Waals surface area contributed by atoms with E-state index < -0.39 is 0 Å². The zero-order chi connectivity index (χ0) is 16.9. The number of nitrogens with zero attached hydrogens (tertiary/aromatic N) is 1. The van der Waals surface area contributed by atoms with Crippen LogP contribution in [-0.2, 0) is 18.4 Å². The van der Waals surface area contributed by atoms with Crippen LogP contribution >= 0.6 is 0 Å². The summed E-state index contributed by atoms with van der Waals surface area (Å²) in [6.45, 7) is 2.26. The Morgan fingerprint density at radius 1 is 1.04 bits per heavy atom. The monoisotopic (exact) mass is 333 g/mol. The van der Waals surface area contributed by atoms with Crippen molar-refractivity contribution < 1.29 is 5.11 Å². The maximum atomic E-state index is 10.1. The summed E-state index contributed by atoms with van der Waals surface area (Å²) in [5.74, 6) is 1.20. The average Bonchev–Trinajstić information content (AvgIpc) is 2.65. The zero-order valence-electron chi connectivity index (χ0n) is 14.8. The van der Waals surface area contributed by atoms with Crippen LogP contribution in [0.2, 0.25) is 0 Å². The van der Waals surface area contributed by atoms with Crippen molar-refractivity contribution in [2.24, 2.45) is 5.92 Å². The summed E-state index contributed by atoms with van der Waals surface area (Å²) >= 11 is 0. The standard InChI is InChI=1S/C23H27NO/c25-19-10-9-18-14-22-20-8-4-5-11-23(20,21(18)15-19)12-13-24(22)16-17-6-2-1-3-7-17/h1-3,6-7,9-10,15,20,22,25H,4-5,8,11-14,16H2/t20-,22+,23+/m0/s1. The normalized spacial score (nSPS) is 31.2. The quantitative estimate of drug-likeness (QED) is 0.864. The predicted octanol–water partition coefficient (Wildman–Crippen LogP) is 4.65. The molecule has 0 unspecified atom stereocenters. The van der Waals surface area contributed by atoms with Gasteiger partial charge in [-0.2, -0.15) is 0 Å². The van der Waals surface area contributed by atoms with E-state index in [1.165, 1.54) is 55.3 Å². The molecule has 1 saturated carbocycles. The fraction of sp³-hybridized carbons (Fsp3) is 0.478. The van der Waals surface area contributed by atoms with E-state index in [9.17, 15) is 5.11 Å². The number of hydrogen-bond acceptors (Lipinski definition) is 2. The van der Waals surface area contributed by atoms with Gasteiger partial charge in [0, 0.05) is 18.0 Å². The van der Waals surface area contributed by atoms with E-state index in [1.54, 1.807) is 0 Å². The smallest absolute Gasteiger partial charge is 0.115 e. The summed E-state index contributed by atoms with van der Waals surface area (Å²) in [4.78, 5) is 2.75. The highest BCUT2D eigenvalue weighted by Crippen LogP contribution is 2.56. The Morgan fingerprint density at radius 2 is 1.92 bits per heavy atom. The molecule has 2 aromatic rings. The first-order chi connectivity index (χ1) is 12.3. The van der Waals surface area contributed by atoms with E-state index in [0.717, 1.165) is 18.9 Å². The van der Waals surface area contributed by atoms with Gasteiger partial charge in [-0.05, 0) is 67.0 Å². The van der Waals surface area contributed by atoms with Crippen LogP contribution in [-0.4, -0.2) is 22.6 Å². The van der Waals surface area contributed by atoms with Crippen molar-refractivity contribution >= 4 is 0 Å². The minimum atomic E-state index is 0.322. The largest absolute Gasteiger partial charge is 0.508 e. The van der Waals surface area contributed by atoms with Crippen molar-refractivity contribution in [1.82, 2.24) is 4.90 Å². The molecule has 0 amide bonds. The lowest BCUT2D eigenvalue weighted by atomic mass is 9.52. The lowest BCUT2D eigenvalue weighted by Crippen LogP contribution is -2.60. The lowest BCUT2D eigenvalue weighted by Gasteiger charge is -2.59. The molecule has 25 heavy (non-hydrogen) atoms. The molecule has 0 aromatic heterocycles. The van der Waals surface area contributed by atoms with Crippen LogP contribution in [0.25, 0.3) is 0 Å². The molecule has 2 aromatic carbocycles. The number of likely N-dealkylation sites (tertiary alicyclic amines) is 1. The second kappa shape index (κ2) is 5.88. The number of benzene rings is 2. The molecule has 1 saturated heterocycles. The summed E-state index contributed by atoms with van der Waals surface area (Å²) in [6, 6.07) is 17.8. The molecule has 2 bridgehead atoms. The molecule has 2 aliphatic carbocycles. The molecule has 2 heteroatoms. The van der Waals surface area contributed by atoms with Crippen LogP contribution in [0.4, 0.5) is 0 Å². The summed E-state index contributed by atoms with van der Waals surface area (Å²) in [7, 11) is 0. The van der Waals surface area contributed by atoms with Crippen LogP contribution in [0.15, 0.2) is 48.5 Å². The molecule has 5 rings (SSSR count). The van der Waals surface area contributed by atoms with Crippen molar-refractivity contribution in [3.05, 3.63) is 65.2 Å². The Balaban J connectivity index is 1.54. The average molecular weight is 333 g/mol. The minimum absolute atomic E-state index is 0.322. The Bertz CT molecular complexity index is 771. The van der Waals surface area contributed by atoms with E-state index in [2.05, 4.69) is 47.4 Å². The third kappa shape index (κ3) is 2.42. The van der Waals surface area contributed by atoms with E-state index in [1.807, 2.05) is 6.07 Å². The van der Waals surface area contributed by atoms with Gasteiger partial charge in [-0.1, -0.05) is 49.2 Å². The van der Waals surface area contributed by atoms with Gasteiger partial charge in [0.2, 0.25) is 0 Å². The molecule has 1 aliphatic heterocycles. The molecule has 3 aliphatic rings. The van der Waals surface area contributed by atoms with Crippen LogP contribution in [0.1, 0.15) is 48.8 Å². The highest BCUT2D eigenvalue weighted by Gasteiger charge is 2.53. The molecule has 2 fully saturated rings. The van der Waals surface area contributed by atoms with Crippen LogP contribution in [0.5, 0.6) is 5.75 Å². The van der Waals surface area contributed by atoms with Gasteiger partial charge >= 0.3 is 0 Å². The first kappa shape index (κ1) is 15.5. The van der Waals surface area contributed by atoms with Crippen molar-refractivity contribution in [1.29, 1.82) is 0 Å². The number of phenols is 1. The lowest BCUT2D eigenvalue weighted by molar-refractivity contribution is -0.0157. The highest BCUT2D eigenvalue weighted by molar-refractivity contribution is 5.45. The fourth-order valence-corrected chi connectivity index (χ4v) is 6.09. The minimum Gasteiger partial charge on any atom is -0.508 e. The molecule has 1 heterocycles. The SMILES string of the molecule is Oc1ccc2c(c1)[C@@]13CCCC[C@H]1[C@@H](C2)N(Cc1ccccc1)CC3. The maximum absolute atomic E-state index is 10.1. The summed E-state index contributed by atoms with van der Waals surface area (Å²) in [5, 5.41) is 10.1. The maximum Gasteiger partial charge on any atom is 0.115 e. The molecular weight excluding hydrogens is 306 g/mol. The van der Waals surface area contributed by atoms with E-state index in [4.69, 9.17) is 0 Å². The van der Waals surface area contributed by atoms with Gasteiger partial charge in [0.1, 0.15) is 5.75 Å². The number of phenolic OH excluding ortho intramolecular Hbond substituents is 1. The van der Waals surface area contributed by atoms with Gasteiger partial charge in [0.25, 0.3) is 0 Å². The van der Waals surface area contributed by atoms with Crippen molar-refractivity contribution in [3.8, 4) is 5.75 Å². The number of piperidine rings is 1. The first-order valence-electron chi connectivity index (χ1n) is 9.87. The summed E-state index contributed by atoms with van der Waals surface area (Å²) < 4.78 is 0. The highest BCUT2D eigenvalue weighted by atomic mass is 16.3. The Kier molecular flexibility index (Phi) is 3.63. The Hall–Kier alpha value is -1.80. The molecule has 2 nitrogen and oxygen atoms in total. The van der Waals surface area contributed by atoms with Crippen molar-refractivity contribution in [2.45, 2.75) is 56.5 Å². The number of rotatable bonds is 2. The molecule has 1 N–H and O–H groups in total. The third-order valence-corrected chi connectivity index (χ3v) is 7.16. The van der Waals surface area contributed by atoms with E-state index in [-0.39, 0.29) is 0 Å². The molecular formula is C23H27NO. The molecule has 0 spiro atoms. The van der Waals surface area contributed by atoms with Gasteiger partial charge in [0.15, 0.2) is 0 Å². The van der Waals surface area contributed by atoms with Gasteiger partial charge in [0.05, 0.1) is 0 Å². The topological polar surface area (TPSA) is 23.5 Å².